The van der Waals surface area contributed by atoms with Crippen molar-refractivity contribution in [3.05, 3.63) is 59.7 Å². The van der Waals surface area contributed by atoms with Crippen molar-refractivity contribution in [3.8, 4) is 0 Å². The highest BCUT2D eigenvalue weighted by atomic mass is 32.2. The Morgan fingerprint density at radius 3 is 2.33 bits per heavy atom. The maximum atomic E-state index is 12.6. The van der Waals surface area contributed by atoms with Gasteiger partial charge in [0, 0.05) is 25.3 Å². The van der Waals surface area contributed by atoms with Gasteiger partial charge in [0.05, 0.1) is 10.5 Å². The molecule has 1 fully saturated rings. The number of rotatable bonds is 5. The van der Waals surface area contributed by atoms with Gasteiger partial charge in [0.15, 0.2) is 6.61 Å². The summed E-state index contributed by atoms with van der Waals surface area (Å²) in [5, 5.41) is 0. The Kier molecular flexibility index (Phi) is 5.87. The van der Waals surface area contributed by atoms with Crippen LogP contribution in [0.15, 0.2) is 53.4 Å². The maximum Gasteiger partial charge on any atom is 0.338 e. The average molecular weight is 429 g/mol. The number of benzene rings is 2. The van der Waals surface area contributed by atoms with E-state index in [1.807, 2.05) is 24.3 Å². The predicted molar refractivity (Wildman–Crippen MR) is 112 cm³/mol. The molecule has 0 atom stereocenters. The largest absolute Gasteiger partial charge is 0.452 e. The van der Waals surface area contributed by atoms with Crippen LogP contribution in [0.1, 0.15) is 35.2 Å². The van der Waals surface area contributed by atoms with Gasteiger partial charge in [-0.25, -0.2) is 13.2 Å². The van der Waals surface area contributed by atoms with Crippen LogP contribution in [0.2, 0.25) is 0 Å². The van der Waals surface area contributed by atoms with Crippen molar-refractivity contribution >= 4 is 27.6 Å². The molecular weight excluding hydrogens is 404 g/mol. The molecule has 0 radical (unpaired) electrons. The molecule has 4 rings (SSSR count). The van der Waals surface area contributed by atoms with Crippen LogP contribution in [0.5, 0.6) is 0 Å². The van der Waals surface area contributed by atoms with E-state index in [4.69, 9.17) is 4.74 Å². The molecule has 2 aliphatic rings. The first kappa shape index (κ1) is 20.6. The molecule has 1 amide bonds. The van der Waals surface area contributed by atoms with Gasteiger partial charge in [0.25, 0.3) is 5.91 Å². The monoisotopic (exact) mass is 428 g/mol. The molecule has 2 aromatic carbocycles. The van der Waals surface area contributed by atoms with Crippen LogP contribution < -0.4 is 4.90 Å². The molecule has 0 unspecified atom stereocenters. The van der Waals surface area contributed by atoms with Crippen LogP contribution in [0.4, 0.5) is 5.69 Å². The molecule has 8 heteroatoms. The topological polar surface area (TPSA) is 84.0 Å². The normalized spacial score (nSPS) is 16.9. The number of para-hydroxylation sites is 1. The molecule has 2 heterocycles. The number of carbonyl (C=O) groups is 2. The summed E-state index contributed by atoms with van der Waals surface area (Å²) in [4.78, 5) is 26.7. The Balaban J connectivity index is 1.38. The predicted octanol–water partition coefficient (Wildman–Crippen LogP) is 2.61. The van der Waals surface area contributed by atoms with Crippen molar-refractivity contribution in [2.45, 2.75) is 30.6 Å². The third-order valence-corrected chi connectivity index (χ3v) is 7.44. The molecule has 1 saturated heterocycles. The molecule has 158 valence electrons. The first-order valence-electron chi connectivity index (χ1n) is 10.1. The maximum absolute atomic E-state index is 12.6. The van der Waals surface area contributed by atoms with Gasteiger partial charge in [0.2, 0.25) is 10.0 Å². The van der Waals surface area contributed by atoms with Crippen molar-refractivity contribution < 1.29 is 22.7 Å². The van der Waals surface area contributed by atoms with Crippen molar-refractivity contribution in [2.24, 2.45) is 0 Å². The Morgan fingerprint density at radius 2 is 1.60 bits per heavy atom. The molecule has 0 N–H and O–H groups in total. The lowest BCUT2D eigenvalue weighted by Crippen LogP contribution is -2.38. The first-order chi connectivity index (χ1) is 14.5. The Labute approximate surface area is 176 Å². The number of ether oxygens (including phenoxy) is 1. The van der Waals surface area contributed by atoms with E-state index in [9.17, 15) is 18.0 Å². The third kappa shape index (κ3) is 4.11. The standard InChI is InChI=1S/C22H24N2O5S/c25-21(24-15-5-7-17-6-1-2-8-20(17)24)16-29-22(26)18-9-11-19(12-10-18)30(27,28)23-13-3-4-14-23/h1-2,6,8-12H,3-5,7,13-16H2. The smallest absolute Gasteiger partial charge is 0.338 e. The van der Waals surface area contributed by atoms with Gasteiger partial charge in [0.1, 0.15) is 0 Å². The average Bonchev–Trinajstić information content (AvgIpc) is 3.33. The lowest BCUT2D eigenvalue weighted by atomic mass is 10.0. The lowest BCUT2D eigenvalue weighted by Gasteiger charge is -2.29. The fraction of sp³-hybridized carbons (Fsp3) is 0.364. The zero-order valence-electron chi connectivity index (χ0n) is 16.6. The lowest BCUT2D eigenvalue weighted by molar-refractivity contribution is -0.121. The van der Waals surface area contributed by atoms with Crippen molar-refractivity contribution in [3.63, 3.8) is 0 Å². The number of amides is 1. The summed E-state index contributed by atoms with van der Waals surface area (Å²) in [6, 6.07) is 13.4. The third-order valence-electron chi connectivity index (χ3n) is 5.53. The molecule has 7 nitrogen and oxygen atoms in total. The molecule has 0 aliphatic carbocycles. The summed E-state index contributed by atoms with van der Waals surface area (Å²) in [5.74, 6) is -0.928. The van der Waals surface area contributed by atoms with Gasteiger partial charge in [-0.3, -0.25) is 4.79 Å². The number of anilines is 1. The van der Waals surface area contributed by atoms with E-state index in [2.05, 4.69) is 0 Å². The number of carbonyl (C=O) groups excluding carboxylic acids is 2. The molecule has 0 aromatic heterocycles. The van der Waals surface area contributed by atoms with E-state index in [1.54, 1.807) is 4.90 Å². The van der Waals surface area contributed by atoms with E-state index >= 15 is 0 Å². The summed E-state index contributed by atoms with van der Waals surface area (Å²) in [6.07, 6.45) is 3.51. The summed E-state index contributed by atoms with van der Waals surface area (Å²) in [6.45, 7) is 1.28. The second kappa shape index (κ2) is 8.57. The highest BCUT2D eigenvalue weighted by Gasteiger charge is 2.27. The fourth-order valence-electron chi connectivity index (χ4n) is 3.92. The zero-order valence-corrected chi connectivity index (χ0v) is 17.4. The van der Waals surface area contributed by atoms with Crippen LogP contribution in [-0.4, -0.2) is 50.8 Å². The van der Waals surface area contributed by atoms with E-state index in [0.717, 1.165) is 36.9 Å². The highest BCUT2D eigenvalue weighted by Crippen LogP contribution is 2.27. The molecule has 2 aromatic rings. The summed E-state index contributed by atoms with van der Waals surface area (Å²) < 4.78 is 31.8. The molecule has 0 spiro atoms. The number of nitrogens with zero attached hydrogens (tertiary/aromatic N) is 2. The van der Waals surface area contributed by atoms with Crippen LogP contribution in [0.3, 0.4) is 0 Å². The molecule has 0 saturated carbocycles. The number of aryl methyl sites for hydroxylation is 1. The van der Waals surface area contributed by atoms with Gasteiger partial charge in [-0.15, -0.1) is 0 Å². The van der Waals surface area contributed by atoms with Crippen molar-refractivity contribution in [1.82, 2.24) is 4.31 Å². The van der Waals surface area contributed by atoms with Crippen LogP contribution >= 0.6 is 0 Å². The number of esters is 1. The van der Waals surface area contributed by atoms with E-state index in [0.29, 0.717) is 19.6 Å². The van der Waals surface area contributed by atoms with Gasteiger partial charge in [-0.2, -0.15) is 4.31 Å². The minimum absolute atomic E-state index is 0.155. The Hall–Kier alpha value is -2.71. The minimum Gasteiger partial charge on any atom is -0.452 e. The van der Waals surface area contributed by atoms with E-state index < -0.39 is 16.0 Å². The van der Waals surface area contributed by atoms with Crippen LogP contribution in [0, 0.1) is 0 Å². The number of hydrogen-bond donors (Lipinski definition) is 0. The van der Waals surface area contributed by atoms with Crippen LogP contribution in [-0.2, 0) is 26.0 Å². The zero-order chi connectivity index (χ0) is 21.1. The van der Waals surface area contributed by atoms with E-state index in [1.165, 1.54) is 28.6 Å². The van der Waals surface area contributed by atoms with Gasteiger partial charge in [-0.05, 0) is 61.6 Å². The summed E-state index contributed by atoms with van der Waals surface area (Å²) in [5.41, 5.74) is 2.18. The summed E-state index contributed by atoms with van der Waals surface area (Å²) in [7, 11) is -3.53. The molecular formula is C22H24N2O5S. The van der Waals surface area contributed by atoms with Gasteiger partial charge >= 0.3 is 5.97 Å². The number of sulfonamides is 1. The molecule has 30 heavy (non-hydrogen) atoms. The number of hydrogen-bond acceptors (Lipinski definition) is 5. The van der Waals surface area contributed by atoms with Crippen molar-refractivity contribution in [2.75, 3.05) is 31.1 Å². The first-order valence-corrected chi connectivity index (χ1v) is 11.6. The minimum atomic E-state index is -3.53. The molecule has 2 aliphatic heterocycles. The van der Waals surface area contributed by atoms with Gasteiger partial charge < -0.3 is 9.64 Å². The second-order valence-corrected chi connectivity index (χ2v) is 9.43. The SMILES string of the molecule is O=C(OCC(=O)N1CCCc2ccccc21)c1ccc(S(=O)(=O)N2CCCC2)cc1. The summed E-state index contributed by atoms with van der Waals surface area (Å²) >= 11 is 0. The Morgan fingerprint density at radius 1 is 0.900 bits per heavy atom. The Bertz CT molecular complexity index is 1040. The van der Waals surface area contributed by atoms with Crippen molar-refractivity contribution in [1.29, 1.82) is 0 Å². The quantitative estimate of drug-likeness (QED) is 0.684. The number of fused-ring (bicyclic) bond motifs is 1. The fourth-order valence-corrected chi connectivity index (χ4v) is 5.44. The van der Waals surface area contributed by atoms with Gasteiger partial charge in [-0.1, -0.05) is 18.2 Å². The van der Waals surface area contributed by atoms with E-state index in [-0.39, 0.29) is 23.0 Å². The second-order valence-electron chi connectivity index (χ2n) is 7.49. The molecule has 0 bridgehead atoms. The highest BCUT2D eigenvalue weighted by molar-refractivity contribution is 7.89. The van der Waals surface area contributed by atoms with Crippen LogP contribution in [0.25, 0.3) is 0 Å².